The first kappa shape index (κ1) is 20.3. The Kier molecular flexibility index (Phi) is 6.41. The number of carbonyl (C=O) groups excluding carboxylic acids is 2. The van der Waals surface area contributed by atoms with Gasteiger partial charge >= 0.3 is 0 Å². The first-order chi connectivity index (χ1) is 14.0. The van der Waals surface area contributed by atoms with Crippen LogP contribution in [0.5, 0.6) is 0 Å². The highest BCUT2D eigenvalue weighted by atomic mass is 35.5. The molecule has 3 aromatic rings. The van der Waals surface area contributed by atoms with Gasteiger partial charge in [-0.2, -0.15) is 5.10 Å². The van der Waals surface area contributed by atoms with Gasteiger partial charge in [0.2, 0.25) is 11.8 Å². The number of benzene rings is 2. The van der Waals surface area contributed by atoms with Gasteiger partial charge in [0.25, 0.3) is 5.56 Å². The molecule has 0 bridgehead atoms. The molecule has 8 heteroatoms. The summed E-state index contributed by atoms with van der Waals surface area (Å²) < 4.78 is 1.03. The Labute approximate surface area is 172 Å². The number of nitrogens with one attached hydrogen (secondary N) is 2. The average Bonchev–Trinajstić information content (AvgIpc) is 2.73. The Morgan fingerprint density at radius 3 is 2.31 bits per heavy atom. The molecule has 3 rings (SSSR count). The summed E-state index contributed by atoms with van der Waals surface area (Å²) in [5.41, 5.74) is 1.14. The molecule has 29 heavy (non-hydrogen) atoms. The van der Waals surface area contributed by atoms with E-state index in [9.17, 15) is 14.4 Å². The average molecular weight is 411 g/mol. The maximum absolute atomic E-state index is 12.7. The van der Waals surface area contributed by atoms with Gasteiger partial charge in [0.05, 0.1) is 16.4 Å². The van der Waals surface area contributed by atoms with Gasteiger partial charge in [0.15, 0.2) is 0 Å². The van der Waals surface area contributed by atoms with E-state index in [0.717, 1.165) is 10.2 Å². The van der Waals surface area contributed by atoms with Crippen molar-refractivity contribution < 1.29 is 9.59 Å². The third-order valence-electron chi connectivity index (χ3n) is 4.08. The van der Waals surface area contributed by atoms with Gasteiger partial charge in [0.1, 0.15) is 12.2 Å². The van der Waals surface area contributed by atoms with E-state index in [1.807, 2.05) is 30.3 Å². The molecule has 0 spiro atoms. The Bertz CT molecular complexity index is 1100. The summed E-state index contributed by atoms with van der Waals surface area (Å²) in [4.78, 5) is 37.0. The van der Waals surface area contributed by atoms with E-state index in [2.05, 4.69) is 15.7 Å². The van der Waals surface area contributed by atoms with Crippen molar-refractivity contribution in [1.29, 1.82) is 0 Å². The molecule has 1 aromatic heterocycles. The van der Waals surface area contributed by atoms with E-state index in [1.54, 1.807) is 31.2 Å². The van der Waals surface area contributed by atoms with Gasteiger partial charge in [-0.05, 0) is 18.2 Å². The molecule has 7 nitrogen and oxygen atoms in total. The second-order valence-electron chi connectivity index (χ2n) is 6.20. The lowest BCUT2D eigenvalue weighted by Crippen LogP contribution is -2.32. The van der Waals surface area contributed by atoms with Crippen molar-refractivity contribution in [2.24, 2.45) is 0 Å². The molecule has 0 unspecified atom stereocenters. The number of aromatic nitrogens is 2. The van der Waals surface area contributed by atoms with Crippen LogP contribution in [0, 0.1) is 0 Å². The molecule has 148 valence electrons. The highest BCUT2D eigenvalue weighted by Crippen LogP contribution is 2.21. The van der Waals surface area contributed by atoms with Crippen LogP contribution in [0.25, 0.3) is 11.3 Å². The standard InChI is InChI=1S/C21H19ClN4O3/c1-2-19(27)24-18-12-17(14-8-4-3-5-9-14)25-26(21(18)29)13-20(28)23-16-11-7-6-10-15(16)22/h3-12H,2,13H2,1H3,(H,23,28)(H,24,27). The predicted octanol–water partition coefficient (Wildman–Crippen LogP) is 3.55. The van der Waals surface area contributed by atoms with Crippen molar-refractivity contribution in [3.8, 4) is 11.3 Å². The highest BCUT2D eigenvalue weighted by molar-refractivity contribution is 6.33. The highest BCUT2D eigenvalue weighted by Gasteiger charge is 2.15. The summed E-state index contributed by atoms with van der Waals surface area (Å²) in [5.74, 6) is -0.773. The van der Waals surface area contributed by atoms with Gasteiger partial charge in [0, 0.05) is 12.0 Å². The third kappa shape index (κ3) is 5.08. The zero-order chi connectivity index (χ0) is 20.8. The van der Waals surface area contributed by atoms with Crippen molar-refractivity contribution in [2.75, 3.05) is 10.6 Å². The molecule has 0 radical (unpaired) electrons. The summed E-state index contributed by atoms with van der Waals surface area (Å²) in [7, 11) is 0. The van der Waals surface area contributed by atoms with Crippen LogP contribution in [-0.4, -0.2) is 21.6 Å². The topological polar surface area (TPSA) is 93.1 Å². The summed E-state index contributed by atoms with van der Waals surface area (Å²) in [5, 5.41) is 9.92. The van der Waals surface area contributed by atoms with Gasteiger partial charge in [-0.1, -0.05) is 61.0 Å². The van der Waals surface area contributed by atoms with Gasteiger partial charge in [-0.15, -0.1) is 0 Å². The lowest BCUT2D eigenvalue weighted by molar-refractivity contribution is -0.117. The van der Waals surface area contributed by atoms with E-state index in [0.29, 0.717) is 16.4 Å². The zero-order valence-electron chi connectivity index (χ0n) is 15.7. The molecular formula is C21H19ClN4O3. The van der Waals surface area contributed by atoms with E-state index < -0.39 is 11.5 Å². The van der Waals surface area contributed by atoms with Crippen molar-refractivity contribution in [3.63, 3.8) is 0 Å². The van der Waals surface area contributed by atoms with Crippen molar-refractivity contribution in [2.45, 2.75) is 19.9 Å². The normalized spacial score (nSPS) is 10.4. The smallest absolute Gasteiger partial charge is 0.291 e. The number of carbonyl (C=O) groups is 2. The predicted molar refractivity (Wildman–Crippen MR) is 113 cm³/mol. The zero-order valence-corrected chi connectivity index (χ0v) is 16.4. The maximum atomic E-state index is 12.7. The van der Waals surface area contributed by atoms with Crippen LogP contribution < -0.4 is 16.2 Å². The summed E-state index contributed by atoms with van der Waals surface area (Å²) in [6, 6.07) is 17.5. The molecule has 2 amide bonds. The molecule has 0 saturated heterocycles. The monoisotopic (exact) mass is 410 g/mol. The van der Waals surface area contributed by atoms with Crippen LogP contribution in [0.2, 0.25) is 5.02 Å². The molecule has 0 atom stereocenters. The van der Waals surface area contributed by atoms with Crippen molar-refractivity contribution in [1.82, 2.24) is 9.78 Å². The van der Waals surface area contributed by atoms with E-state index in [4.69, 9.17) is 11.6 Å². The maximum Gasteiger partial charge on any atom is 0.291 e. The lowest BCUT2D eigenvalue weighted by atomic mass is 10.1. The summed E-state index contributed by atoms with van der Waals surface area (Å²) >= 11 is 6.06. The number of nitrogens with zero attached hydrogens (tertiary/aromatic N) is 2. The SMILES string of the molecule is CCC(=O)Nc1cc(-c2ccccc2)nn(CC(=O)Nc2ccccc2Cl)c1=O. The van der Waals surface area contributed by atoms with Crippen molar-refractivity contribution >= 4 is 34.8 Å². The second kappa shape index (κ2) is 9.16. The Morgan fingerprint density at radius 1 is 0.966 bits per heavy atom. The molecular weight excluding hydrogens is 392 g/mol. The largest absolute Gasteiger partial charge is 0.323 e. The Balaban J connectivity index is 1.95. The molecule has 2 aromatic carbocycles. The fourth-order valence-corrected chi connectivity index (χ4v) is 2.80. The Hall–Kier alpha value is -3.45. The van der Waals surface area contributed by atoms with Crippen LogP contribution in [0.3, 0.4) is 0 Å². The van der Waals surface area contributed by atoms with Crippen molar-refractivity contribution in [3.05, 3.63) is 76.0 Å². The third-order valence-corrected chi connectivity index (χ3v) is 4.41. The number of rotatable bonds is 6. The molecule has 0 aliphatic heterocycles. The number of para-hydroxylation sites is 1. The van der Waals surface area contributed by atoms with Crippen LogP contribution in [0.4, 0.5) is 11.4 Å². The lowest BCUT2D eigenvalue weighted by Gasteiger charge is -2.12. The van der Waals surface area contributed by atoms with E-state index in [-0.39, 0.29) is 24.6 Å². The molecule has 2 N–H and O–H groups in total. The van der Waals surface area contributed by atoms with E-state index >= 15 is 0 Å². The minimum atomic E-state index is -0.569. The molecule has 0 fully saturated rings. The quantitative estimate of drug-likeness (QED) is 0.649. The second-order valence-corrected chi connectivity index (χ2v) is 6.61. The number of hydrogen-bond donors (Lipinski definition) is 2. The van der Waals surface area contributed by atoms with Crippen LogP contribution in [0.15, 0.2) is 65.5 Å². The molecule has 0 aliphatic rings. The number of amides is 2. The van der Waals surface area contributed by atoms with Gasteiger partial charge < -0.3 is 10.6 Å². The summed E-state index contributed by atoms with van der Waals surface area (Å²) in [6.45, 7) is 1.35. The Morgan fingerprint density at radius 2 is 1.62 bits per heavy atom. The van der Waals surface area contributed by atoms with Crippen LogP contribution in [-0.2, 0) is 16.1 Å². The fraction of sp³-hybridized carbons (Fsp3) is 0.143. The molecule has 1 heterocycles. The summed E-state index contributed by atoms with van der Waals surface area (Å²) in [6.07, 6.45) is 0.218. The first-order valence-electron chi connectivity index (χ1n) is 8.99. The van der Waals surface area contributed by atoms with Gasteiger partial charge in [-0.25, -0.2) is 4.68 Å². The van der Waals surface area contributed by atoms with Gasteiger partial charge in [-0.3, -0.25) is 14.4 Å². The number of hydrogen-bond acceptors (Lipinski definition) is 4. The first-order valence-corrected chi connectivity index (χ1v) is 9.37. The van der Waals surface area contributed by atoms with Crippen LogP contribution >= 0.6 is 11.6 Å². The van der Waals surface area contributed by atoms with E-state index in [1.165, 1.54) is 6.07 Å². The fourth-order valence-electron chi connectivity index (χ4n) is 2.62. The van der Waals surface area contributed by atoms with Crippen LogP contribution in [0.1, 0.15) is 13.3 Å². The minimum absolute atomic E-state index is 0.0660. The minimum Gasteiger partial charge on any atom is -0.323 e. The number of anilines is 2. The molecule has 0 saturated carbocycles. The number of halogens is 1. The molecule has 0 aliphatic carbocycles.